The third-order valence-electron chi connectivity index (χ3n) is 3.68. The van der Waals surface area contributed by atoms with Gasteiger partial charge in [-0.3, -0.25) is 4.79 Å². The van der Waals surface area contributed by atoms with Gasteiger partial charge in [-0.2, -0.15) is 13.2 Å². The van der Waals surface area contributed by atoms with E-state index in [-0.39, 0.29) is 11.3 Å². The second-order valence-corrected chi connectivity index (χ2v) is 5.36. The molecule has 3 rings (SSSR count). The molecule has 0 radical (unpaired) electrons. The molecule has 1 atom stereocenters. The van der Waals surface area contributed by atoms with Crippen LogP contribution in [0, 0.1) is 0 Å². The molecule has 1 heterocycles. The number of hydrogen-bond donors (Lipinski definition) is 0. The van der Waals surface area contributed by atoms with Crippen LogP contribution < -0.4 is 4.74 Å². The van der Waals surface area contributed by atoms with Crippen molar-refractivity contribution in [2.75, 3.05) is 0 Å². The maximum absolute atomic E-state index is 13.5. The lowest BCUT2D eigenvalue weighted by atomic mass is 9.91. The molecule has 120 valence electrons. The van der Waals surface area contributed by atoms with Crippen LogP contribution >= 0.6 is 0 Å². The van der Waals surface area contributed by atoms with Gasteiger partial charge < -0.3 is 4.74 Å². The van der Waals surface area contributed by atoms with Gasteiger partial charge in [0.15, 0.2) is 17.6 Å². The molecule has 0 bridgehead atoms. The van der Waals surface area contributed by atoms with Gasteiger partial charge in [-0.1, -0.05) is 0 Å². The van der Waals surface area contributed by atoms with E-state index in [1.165, 1.54) is 0 Å². The van der Waals surface area contributed by atoms with Gasteiger partial charge in [0.05, 0.1) is 11.8 Å². The van der Waals surface area contributed by atoms with E-state index in [0.717, 1.165) is 0 Å². The van der Waals surface area contributed by atoms with Crippen LogP contribution in [0.25, 0.3) is 0 Å². The predicted octanol–water partition coefficient (Wildman–Crippen LogP) is 3.35. The number of alkyl halides is 6. The highest BCUT2D eigenvalue weighted by Gasteiger charge is 2.49. The Kier molecular flexibility index (Phi) is 3.16. The SMILES string of the molecule is O=C1c2c(C(F)(F)F)ncc(OC3CC(F)(F)C3)c2CC1F. The van der Waals surface area contributed by atoms with Crippen LogP contribution in [-0.2, 0) is 12.6 Å². The minimum absolute atomic E-state index is 0.239. The summed E-state index contributed by atoms with van der Waals surface area (Å²) in [5.41, 5.74) is -2.59. The zero-order valence-electron chi connectivity index (χ0n) is 10.9. The summed E-state index contributed by atoms with van der Waals surface area (Å²) in [6, 6.07) is 0. The second-order valence-electron chi connectivity index (χ2n) is 5.36. The number of ether oxygens (including phenoxy) is 1. The molecule has 1 aromatic heterocycles. The molecule has 0 aliphatic heterocycles. The van der Waals surface area contributed by atoms with E-state index in [4.69, 9.17) is 4.74 Å². The van der Waals surface area contributed by atoms with Crippen molar-refractivity contribution < 1.29 is 35.9 Å². The van der Waals surface area contributed by atoms with Gasteiger partial charge in [-0.25, -0.2) is 18.2 Å². The third kappa shape index (κ3) is 2.42. The lowest BCUT2D eigenvalue weighted by molar-refractivity contribution is -0.141. The smallest absolute Gasteiger partial charge is 0.434 e. The van der Waals surface area contributed by atoms with E-state index in [1.54, 1.807) is 0 Å². The van der Waals surface area contributed by atoms with Gasteiger partial charge in [-0.15, -0.1) is 0 Å². The van der Waals surface area contributed by atoms with Crippen molar-refractivity contribution in [3.63, 3.8) is 0 Å². The second kappa shape index (κ2) is 4.60. The molecule has 1 saturated carbocycles. The summed E-state index contributed by atoms with van der Waals surface area (Å²) in [4.78, 5) is 14.7. The normalized spacial score (nSPS) is 24.1. The molecule has 0 spiro atoms. The van der Waals surface area contributed by atoms with Crippen LogP contribution in [0.4, 0.5) is 26.3 Å². The largest absolute Gasteiger partial charge is 0.488 e. The van der Waals surface area contributed by atoms with E-state index in [9.17, 15) is 31.1 Å². The van der Waals surface area contributed by atoms with Crippen molar-refractivity contribution in [2.45, 2.75) is 43.6 Å². The minimum atomic E-state index is -4.91. The first kappa shape index (κ1) is 15.1. The molecule has 0 amide bonds. The molecule has 2 aliphatic carbocycles. The Morgan fingerprint density at radius 1 is 1.27 bits per heavy atom. The summed E-state index contributed by atoms with van der Waals surface area (Å²) in [6.45, 7) is 0. The third-order valence-corrected chi connectivity index (χ3v) is 3.68. The molecule has 3 nitrogen and oxygen atoms in total. The molecular weight excluding hydrogens is 316 g/mol. The van der Waals surface area contributed by atoms with Crippen molar-refractivity contribution >= 4 is 5.78 Å². The number of rotatable bonds is 2. The number of fused-ring (bicyclic) bond motifs is 1. The number of Topliss-reactive ketones (excluding diaryl/α,β-unsaturated/α-hetero) is 1. The average molecular weight is 325 g/mol. The maximum Gasteiger partial charge on any atom is 0.434 e. The van der Waals surface area contributed by atoms with Gasteiger partial charge >= 0.3 is 6.18 Å². The zero-order chi connectivity index (χ0) is 16.3. The van der Waals surface area contributed by atoms with Gasteiger partial charge in [-0.05, 0) is 0 Å². The number of carbonyl (C=O) groups is 1. The van der Waals surface area contributed by atoms with E-state index >= 15 is 0 Å². The Balaban J connectivity index is 1.96. The summed E-state index contributed by atoms with van der Waals surface area (Å²) < 4.78 is 82.7. The van der Waals surface area contributed by atoms with Crippen LogP contribution in [-0.4, -0.2) is 29.0 Å². The Bertz CT molecular complexity index is 634. The highest BCUT2D eigenvalue weighted by molar-refractivity contribution is 6.05. The molecule has 1 aromatic rings. The van der Waals surface area contributed by atoms with Crippen LogP contribution in [0.15, 0.2) is 6.20 Å². The molecule has 22 heavy (non-hydrogen) atoms. The lowest BCUT2D eigenvalue weighted by Gasteiger charge is -2.35. The number of halogens is 6. The summed E-state index contributed by atoms with van der Waals surface area (Å²) in [5.74, 6) is -4.41. The van der Waals surface area contributed by atoms with Crippen LogP contribution in [0.3, 0.4) is 0 Å². The van der Waals surface area contributed by atoms with Crippen molar-refractivity contribution in [2.24, 2.45) is 0 Å². The highest BCUT2D eigenvalue weighted by Crippen LogP contribution is 2.43. The first-order chi connectivity index (χ1) is 10.1. The number of hydrogen-bond acceptors (Lipinski definition) is 3. The van der Waals surface area contributed by atoms with Crippen molar-refractivity contribution in [1.29, 1.82) is 0 Å². The van der Waals surface area contributed by atoms with Crippen molar-refractivity contribution in [1.82, 2.24) is 4.98 Å². The standard InChI is InChI=1S/C13H9F6NO2/c14-7-1-6-8(22-5-2-12(15,16)3-5)4-20-11(13(17,18)19)9(6)10(7)21/h4-5,7H,1-3H2. The van der Waals surface area contributed by atoms with Gasteiger partial charge in [0, 0.05) is 24.8 Å². The first-order valence-electron chi connectivity index (χ1n) is 6.40. The van der Waals surface area contributed by atoms with E-state index < -0.39 is 60.7 Å². The Hall–Kier alpha value is -1.80. The number of carbonyl (C=O) groups excluding carboxylic acids is 1. The number of pyridine rings is 1. The summed E-state index contributed by atoms with van der Waals surface area (Å²) in [6.07, 6.45) is -8.91. The molecular formula is C13H9F6NO2. The number of ketones is 1. The number of aromatic nitrogens is 1. The first-order valence-corrected chi connectivity index (χ1v) is 6.40. The fourth-order valence-corrected chi connectivity index (χ4v) is 2.61. The maximum atomic E-state index is 13.5. The lowest BCUT2D eigenvalue weighted by Crippen LogP contribution is -2.43. The molecule has 2 aliphatic rings. The number of nitrogens with zero attached hydrogens (tertiary/aromatic N) is 1. The molecule has 0 saturated heterocycles. The Labute approximate surface area is 120 Å². The summed E-state index contributed by atoms with van der Waals surface area (Å²) in [5, 5.41) is 0. The Morgan fingerprint density at radius 2 is 1.91 bits per heavy atom. The quantitative estimate of drug-likeness (QED) is 0.783. The van der Waals surface area contributed by atoms with Crippen molar-refractivity contribution in [3.05, 3.63) is 23.0 Å². The van der Waals surface area contributed by atoms with Gasteiger partial charge in [0.25, 0.3) is 5.92 Å². The fourth-order valence-electron chi connectivity index (χ4n) is 2.61. The molecule has 9 heteroatoms. The molecule has 0 aromatic carbocycles. The minimum Gasteiger partial charge on any atom is -0.488 e. The van der Waals surface area contributed by atoms with Crippen LogP contribution in [0.1, 0.15) is 34.5 Å². The monoisotopic (exact) mass is 325 g/mol. The van der Waals surface area contributed by atoms with E-state index in [0.29, 0.717) is 6.20 Å². The van der Waals surface area contributed by atoms with Crippen LogP contribution in [0.2, 0.25) is 0 Å². The molecule has 1 fully saturated rings. The topological polar surface area (TPSA) is 39.2 Å². The van der Waals surface area contributed by atoms with Crippen LogP contribution in [0.5, 0.6) is 5.75 Å². The van der Waals surface area contributed by atoms with E-state index in [1.807, 2.05) is 0 Å². The Morgan fingerprint density at radius 3 is 2.45 bits per heavy atom. The zero-order valence-corrected chi connectivity index (χ0v) is 10.9. The summed E-state index contributed by atoms with van der Waals surface area (Å²) >= 11 is 0. The predicted molar refractivity (Wildman–Crippen MR) is 60.8 cm³/mol. The fraction of sp³-hybridized carbons (Fsp3) is 0.538. The summed E-state index contributed by atoms with van der Waals surface area (Å²) in [7, 11) is 0. The van der Waals surface area contributed by atoms with Gasteiger partial charge in [0.1, 0.15) is 11.9 Å². The van der Waals surface area contributed by atoms with Gasteiger partial charge in [0.2, 0.25) is 0 Å². The van der Waals surface area contributed by atoms with Crippen molar-refractivity contribution in [3.8, 4) is 5.75 Å². The highest BCUT2D eigenvalue weighted by atomic mass is 19.4. The van der Waals surface area contributed by atoms with E-state index in [2.05, 4.69) is 4.98 Å². The molecule has 0 N–H and O–H groups in total. The average Bonchev–Trinajstić information content (AvgIpc) is 2.63. The molecule has 1 unspecified atom stereocenters.